The average Bonchev–Trinajstić information content (AvgIpc) is 2.83. The van der Waals surface area contributed by atoms with Crippen molar-refractivity contribution in [2.24, 2.45) is 5.92 Å². The van der Waals surface area contributed by atoms with E-state index in [1.54, 1.807) is 29.2 Å². The van der Waals surface area contributed by atoms with E-state index in [1.807, 2.05) is 57.2 Å². The number of sulfonamides is 1. The van der Waals surface area contributed by atoms with Gasteiger partial charge in [0.1, 0.15) is 6.04 Å². The largest absolute Gasteiger partial charge is 0.354 e. The Bertz CT molecular complexity index is 1030. The predicted molar refractivity (Wildman–Crippen MR) is 142 cm³/mol. The molecule has 2 aromatic rings. The van der Waals surface area contributed by atoms with Crippen molar-refractivity contribution in [2.45, 2.75) is 52.5 Å². The summed E-state index contributed by atoms with van der Waals surface area (Å²) in [7, 11) is -3.49. The number of amides is 2. The van der Waals surface area contributed by atoms with Crippen LogP contribution in [0.2, 0.25) is 0 Å². The monoisotopic (exact) mass is 501 g/mol. The van der Waals surface area contributed by atoms with Gasteiger partial charge in [-0.25, -0.2) is 8.42 Å². The summed E-state index contributed by atoms with van der Waals surface area (Å²) >= 11 is 0. The van der Waals surface area contributed by atoms with Crippen LogP contribution in [0, 0.1) is 5.92 Å². The number of benzene rings is 2. The van der Waals surface area contributed by atoms with Crippen molar-refractivity contribution < 1.29 is 18.0 Å². The minimum Gasteiger partial charge on any atom is -0.354 e. The number of anilines is 1. The summed E-state index contributed by atoms with van der Waals surface area (Å²) in [5, 5.41) is 2.96. The number of nitrogens with zero attached hydrogens (tertiary/aromatic N) is 2. The first kappa shape index (κ1) is 28.4. The second kappa shape index (κ2) is 13.9. The zero-order valence-electron chi connectivity index (χ0n) is 21.3. The van der Waals surface area contributed by atoms with Gasteiger partial charge < -0.3 is 10.2 Å². The topological polar surface area (TPSA) is 86.8 Å². The van der Waals surface area contributed by atoms with Gasteiger partial charge in [-0.1, -0.05) is 69.3 Å². The molecular weight excluding hydrogens is 462 g/mol. The molecular formula is C27H39N3O4S. The summed E-state index contributed by atoms with van der Waals surface area (Å²) < 4.78 is 26.0. The number of nitrogens with one attached hydrogen (secondary N) is 1. The smallest absolute Gasteiger partial charge is 0.242 e. The van der Waals surface area contributed by atoms with Gasteiger partial charge in [-0.05, 0) is 42.9 Å². The molecule has 1 atom stereocenters. The summed E-state index contributed by atoms with van der Waals surface area (Å²) in [6.07, 6.45) is 2.82. The van der Waals surface area contributed by atoms with Crippen LogP contribution in [0.25, 0.3) is 0 Å². The molecule has 0 unspecified atom stereocenters. The predicted octanol–water partition coefficient (Wildman–Crippen LogP) is 3.85. The summed E-state index contributed by atoms with van der Waals surface area (Å²) in [6.45, 7) is 7.13. The van der Waals surface area contributed by atoms with Gasteiger partial charge in [-0.3, -0.25) is 13.9 Å². The van der Waals surface area contributed by atoms with Gasteiger partial charge in [-0.2, -0.15) is 0 Å². The number of hydrogen-bond acceptors (Lipinski definition) is 4. The van der Waals surface area contributed by atoms with Gasteiger partial charge in [0.15, 0.2) is 0 Å². The molecule has 8 heteroatoms. The molecule has 7 nitrogen and oxygen atoms in total. The fourth-order valence-corrected chi connectivity index (χ4v) is 4.88. The SMILES string of the molecule is CC[C@@H](C(=O)NCC(C)C)N(CCc1ccccc1)C(=O)CCCN(c1ccccc1)S(C)(=O)=O. The van der Waals surface area contributed by atoms with E-state index >= 15 is 0 Å². The summed E-state index contributed by atoms with van der Waals surface area (Å²) in [5.74, 6) is 0.0172. The van der Waals surface area contributed by atoms with Crippen molar-refractivity contribution in [1.82, 2.24) is 10.2 Å². The first-order valence-corrected chi connectivity index (χ1v) is 14.1. The number of para-hydroxylation sites is 1. The van der Waals surface area contributed by atoms with Gasteiger partial charge >= 0.3 is 0 Å². The highest BCUT2D eigenvalue weighted by molar-refractivity contribution is 7.92. The molecule has 2 amide bonds. The molecule has 0 aliphatic heterocycles. The third-order valence-electron chi connectivity index (χ3n) is 5.75. The molecule has 35 heavy (non-hydrogen) atoms. The lowest BCUT2D eigenvalue weighted by Gasteiger charge is -2.31. The zero-order valence-corrected chi connectivity index (χ0v) is 22.1. The van der Waals surface area contributed by atoms with Gasteiger partial charge in [0.05, 0.1) is 11.9 Å². The second-order valence-electron chi connectivity index (χ2n) is 9.16. The van der Waals surface area contributed by atoms with Crippen molar-refractivity contribution in [3.05, 3.63) is 66.2 Å². The molecule has 0 bridgehead atoms. The third kappa shape index (κ3) is 9.36. The second-order valence-corrected chi connectivity index (χ2v) is 11.1. The maximum atomic E-state index is 13.4. The Morgan fingerprint density at radius 3 is 2.09 bits per heavy atom. The van der Waals surface area contributed by atoms with E-state index in [1.165, 1.54) is 10.6 Å². The fourth-order valence-electron chi connectivity index (χ4n) is 3.92. The molecule has 2 rings (SSSR count). The Hall–Kier alpha value is -2.87. The van der Waals surface area contributed by atoms with Gasteiger partial charge in [0, 0.05) is 26.1 Å². The van der Waals surface area contributed by atoms with E-state index < -0.39 is 16.1 Å². The molecule has 0 saturated heterocycles. The van der Waals surface area contributed by atoms with Crippen molar-refractivity contribution in [1.29, 1.82) is 0 Å². The molecule has 1 N–H and O–H groups in total. The lowest BCUT2D eigenvalue weighted by atomic mass is 10.1. The van der Waals surface area contributed by atoms with Gasteiger partial charge in [0.2, 0.25) is 21.8 Å². The summed E-state index contributed by atoms with van der Waals surface area (Å²) in [5.41, 5.74) is 1.66. The minimum atomic E-state index is -3.49. The highest BCUT2D eigenvalue weighted by Gasteiger charge is 2.28. The Balaban J connectivity index is 2.12. The number of carbonyl (C=O) groups is 2. The molecule has 0 aliphatic rings. The standard InChI is InChI=1S/C27H39N3O4S/c1-5-25(27(32)28-21-22(2)3)29(20-18-23-13-8-6-9-14-23)26(31)17-12-19-30(35(4,33)34)24-15-10-7-11-16-24/h6-11,13-16,22,25H,5,12,17-21H2,1-4H3,(H,28,32)/t25-/m0/s1. The Labute approximate surface area is 210 Å². The van der Waals surface area contributed by atoms with E-state index in [0.717, 1.165) is 5.56 Å². The number of carbonyl (C=O) groups excluding carboxylic acids is 2. The molecule has 192 valence electrons. The fraction of sp³-hybridized carbons (Fsp3) is 0.481. The van der Waals surface area contributed by atoms with Crippen molar-refractivity contribution in [3.63, 3.8) is 0 Å². The van der Waals surface area contributed by atoms with Crippen LogP contribution >= 0.6 is 0 Å². The van der Waals surface area contributed by atoms with Crippen molar-refractivity contribution >= 4 is 27.5 Å². The van der Waals surface area contributed by atoms with Crippen LogP contribution < -0.4 is 9.62 Å². The van der Waals surface area contributed by atoms with E-state index in [-0.39, 0.29) is 24.8 Å². The van der Waals surface area contributed by atoms with Crippen LogP contribution in [-0.2, 0) is 26.0 Å². The minimum absolute atomic E-state index is 0.144. The van der Waals surface area contributed by atoms with Crippen LogP contribution in [0.4, 0.5) is 5.69 Å². The van der Waals surface area contributed by atoms with Crippen LogP contribution in [0.1, 0.15) is 45.6 Å². The first-order valence-electron chi connectivity index (χ1n) is 12.3. The van der Waals surface area contributed by atoms with Crippen LogP contribution in [0.5, 0.6) is 0 Å². The normalized spacial score (nSPS) is 12.3. The van der Waals surface area contributed by atoms with Crippen molar-refractivity contribution in [2.75, 3.05) is 30.2 Å². The van der Waals surface area contributed by atoms with E-state index in [4.69, 9.17) is 0 Å². The Kier molecular flexibility index (Phi) is 11.2. The van der Waals surface area contributed by atoms with E-state index in [0.29, 0.717) is 44.0 Å². The van der Waals surface area contributed by atoms with Crippen LogP contribution in [0.15, 0.2) is 60.7 Å². The third-order valence-corrected chi connectivity index (χ3v) is 6.95. The van der Waals surface area contributed by atoms with E-state index in [9.17, 15) is 18.0 Å². The molecule has 0 spiro atoms. The van der Waals surface area contributed by atoms with Gasteiger partial charge in [0.25, 0.3) is 0 Å². The average molecular weight is 502 g/mol. The maximum absolute atomic E-state index is 13.4. The Morgan fingerprint density at radius 2 is 1.54 bits per heavy atom. The lowest BCUT2D eigenvalue weighted by Crippen LogP contribution is -2.50. The number of rotatable bonds is 14. The van der Waals surface area contributed by atoms with E-state index in [2.05, 4.69) is 5.32 Å². The van der Waals surface area contributed by atoms with Crippen LogP contribution in [-0.4, -0.2) is 57.1 Å². The lowest BCUT2D eigenvalue weighted by molar-refractivity contribution is -0.140. The maximum Gasteiger partial charge on any atom is 0.242 e. The molecule has 0 fully saturated rings. The summed E-state index contributed by atoms with van der Waals surface area (Å²) in [6, 6.07) is 18.2. The molecule has 0 heterocycles. The molecule has 0 aromatic heterocycles. The highest BCUT2D eigenvalue weighted by Crippen LogP contribution is 2.18. The Morgan fingerprint density at radius 1 is 0.943 bits per heavy atom. The number of hydrogen-bond donors (Lipinski definition) is 1. The van der Waals surface area contributed by atoms with Gasteiger partial charge in [-0.15, -0.1) is 0 Å². The first-order chi connectivity index (χ1) is 16.6. The molecule has 0 aliphatic carbocycles. The van der Waals surface area contributed by atoms with Crippen LogP contribution in [0.3, 0.4) is 0 Å². The quantitative estimate of drug-likeness (QED) is 0.426. The molecule has 0 radical (unpaired) electrons. The molecule has 0 saturated carbocycles. The van der Waals surface area contributed by atoms with Crippen molar-refractivity contribution in [3.8, 4) is 0 Å². The zero-order chi connectivity index (χ0) is 25.8. The highest BCUT2D eigenvalue weighted by atomic mass is 32.2. The summed E-state index contributed by atoms with van der Waals surface area (Å²) in [4.78, 5) is 28.0. The molecule has 2 aromatic carbocycles.